The molecule has 6 heteroatoms. The van der Waals surface area contributed by atoms with E-state index in [2.05, 4.69) is 20.6 Å². The Hall–Kier alpha value is -2.63. The summed E-state index contributed by atoms with van der Waals surface area (Å²) in [5.74, 6) is 1.83. The zero-order chi connectivity index (χ0) is 17.6. The van der Waals surface area contributed by atoms with Crippen molar-refractivity contribution < 1.29 is 9.53 Å². The lowest BCUT2D eigenvalue weighted by atomic mass is 10.2. The van der Waals surface area contributed by atoms with E-state index in [1.165, 1.54) is 12.8 Å². The van der Waals surface area contributed by atoms with Crippen LogP contribution in [0.5, 0.6) is 5.75 Å². The van der Waals surface area contributed by atoms with E-state index < -0.39 is 0 Å². The second-order valence-corrected chi connectivity index (χ2v) is 6.22. The maximum Gasteiger partial charge on any atom is 0.274 e. The van der Waals surface area contributed by atoms with Crippen molar-refractivity contribution in [1.82, 2.24) is 9.97 Å². The number of aromatic nitrogens is 2. The normalized spacial score (nSPS) is 14.3. The van der Waals surface area contributed by atoms with Gasteiger partial charge in [-0.05, 0) is 51.0 Å². The van der Waals surface area contributed by atoms with Crippen molar-refractivity contribution in [3.63, 3.8) is 0 Å². The second-order valence-electron chi connectivity index (χ2n) is 6.22. The summed E-state index contributed by atoms with van der Waals surface area (Å²) in [5.41, 5.74) is 1.07. The zero-order valence-corrected chi connectivity index (χ0v) is 14.7. The molecule has 1 amide bonds. The van der Waals surface area contributed by atoms with Crippen molar-refractivity contribution in [2.24, 2.45) is 0 Å². The summed E-state index contributed by atoms with van der Waals surface area (Å²) in [6.45, 7) is 4.35. The molecule has 1 aromatic heterocycles. The van der Waals surface area contributed by atoms with Gasteiger partial charge in [-0.2, -0.15) is 0 Å². The average Bonchev–Trinajstić information content (AvgIpc) is 3.09. The number of hydrogen-bond acceptors (Lipinski definition) is 5. The molecule has 6 nitrogen and oxygen atoms in total. The van der Waals surface area contributed by atoms with Crippen molar-refractivity contribution in [3.05, 3.63) is 41.9 Å². The van der Waals surface area contributed by atoms with Crippen LogP contribution in [-0.2, 0) is 0 Å². The molecule has 0 bridgehead atoms. The van der Waals surface area contributed by atoms with Crippen molar-refractivity contribution in [3.8, 4) is 5.75 Å². The summed E-state index contributed by atoms with van der Waals surface area (Å²) in [6.07, 6.45) is 4.78. The number of aryl methyl sites for hydroxylation is 1. The number of hydrogen-bond donors (Lipinski definition) is 2. The molecule has 1 heterocycles. The van der Waals surface area contributed by atoms with Crippen LogP contribution >= 0.6 is 0 Å². The van der Waals surface area contributed by atoms with Crippen LogP contribution in [0.4, 0.5) is 11.5 Å². The first-order valence-electron chi connectivity index (χ1n) is 8.80. The standard InChI is InChI=1S/C19H24N4O2/c1-3-25-16-10-8-15(9-11-16)23-19(24)17-12-18(21-13(2)20-17)22-14-6-4-5-7-14/h8-12,14H,3-7H2,1-2H3,(H,23,24)(H,20,21,22). The molecule has 0 saturated heterocycles. The lowest BCUT2D eigenvalue weighted by Gasteiger charge is -2.14. The van der Waals surface area contributed by atoms with Crippen LogP contribution in [-0.4, -0.2) is 28.5 Å². The van der Waals surface area contributed by atoms with Gasteiger partial charge in [-0.3, -0.25) is 4.79 Å². The lowest BCUT2D eigenvalue weighted by molar-refractivity contribution is 0.102. The van der Waals surface area contributed by atoms with Crippen LogP contribution in [0.3, 0.4) is 0 Å². The highest BCUT2D eigenvalue weighted by Gasteiger charge is 2.17. The molecule has 3 rings (SSSR count). The zero-order valence-electron chi connectivity index (χ0n) is 14.7. The molecule has 0 unspecified atom stereocenters. The number of nitrogens with one attached hydrogen (secondary N) is 2. The molecule has 0 spiro atoms. The fourth-order valence-electron chi connectivity index (χ4n) is 3.03. The van der Waals surface area contributed by atoms with E-state index in [-0.39, 0.29) is 5.91 Å². The van der Waals surface area contributed by atoms with E-state index >= 15 is 0 Å². The van der Waals surface area contributed by atoms with Gasteiger partial charge in [0.05, 0.1) is 6.61 Å². The number of anilines is 2. The molecule has 0 aliphatic heterocycles. The van der Waals surface area contributed by atoms with Crippen LogP contribution in [0.1, 0.15) is 48.9 Å². The van der Waals surface area contributed by atoms with Gasteiger partial charge in [0.2, 0.25) is 0 Å². The predicted octanol–water partition coefficient (Wildman–Crippen LogP) is 3.79. The van der Waals surface area contributed by atoms with Crippen molar-refractivity contribution in [1.29, 1.82) is 0 Å². The van der Waals surface area contributed by atoms with Gasteiger partial charge in [0.25, 0.3) is 5.91 Å². The molecule has 0 atom stereocenters. The fourth-order valence-corrected chi connectivity index (χ4v) is 3.03. The van der Waals surface area contributed by atoms with Crippen molar-refractivity contribution >= 4 is 17.4 Å². The smallest absolute Gasteiger partial charge is 0.274 e. The van der Waals surface area contributed by atoms with Crippen LogP contribution in [0.2, 0.25) is 0 Å². The number of nitrogens with zero attached hydrogens (tertiary/aromatic N) is 2. The monoisotopic (exact) mass is 340 g/mol. The third-order valence-corrected chi connectivity index (χ3v) is 4.20. The first kappa shape index (κ1) is 17.2. The minimum atomic E-state index is -0.246. The molecule has 25 heavy (non-hydrogen) atoms. The summed E-state index contributed by atoms with van der Waals surface area (Å²) in [7, 11) is 0. The van der Waals surface area contributed by atoms with Gasteiger partial charge < -0.3 is 15.4 Å². The van der Waals surface area contributed by atoms with Gasteiger partial charge in [0.15, 0.2) is 0 Å². The van der Waals surface area contributed by atoms with Gasteiger partial charge in [-0.1, -0.05) is 12.8 Å². The molecule has 1 aliphatic rings. The van der Waals surface area contributed by atoms with Crippen LogP contribution in [0.25, 0.3) is 0 Å². The topological polar surface area (TPSA) is 76.1 Å². The Kier molecular flexibility index (Phi) is 5.48. The van der Waals surface area contributed by atoms with E-state index in [1.807, 2.05) is 31.2 Å². The lowest BCUT2D eigenvalue weighted by Crippen LogP contribution is -2.19. The van der Waals surface area contributed by atoms with Crippen molar-refractivity contribution in [2.45, 2.75) is 45.6 Å². The van der Waals surface area contributed by atoms with E-state index in [9.17, 15) is 4.79 Å². The molecule has 1 aromatic carbocycles. The molecule has 132 valence electrons. The molecule has 1 aliphatic carbocycles. The Labute approximate surface area is 148 Å². The maximum atomic E-state index is 12.5. The summed E-state index contributed by atoms with van der Waals surface area (Å²) < 4.78 is 5.40. The first-order chi connectivity index (χ1) is 12.1. The third kappa shape index (κ3) is 4.68. The molecule has 1 fully saturated rings. The Bertz CT molecular complexity index is 725. The van der Waals surface area contributed by atoms with E-state index in [4.69, 9.17) is 4.74 Å². The predicted molar refractivity (Wildman–Crippen MR) is 98.2 cm³/mol. The maximum absolute atomic E-state index is 12.5. The number of amides is 1. The van der Waals surface area contributed by atoms with Crippen LogP contribution in [0.15, 0.2) is 30.3 Å². The Morgan fingerprint density at radius 1 is 1.20 bits per heavy atom. The Balaban J connectivity index is 1.69. The van der Waals surface area contributed by atoms with Gasteiger partial charge in [-0.25, -0.2) is 9.97 Å². The molecule has 2 N–H and O–H groups in total. The highest BCUT2D eigenvalue weighted by atomic mass is 16.5. The van der Waals surface area contributed by atoms with Gasteiger partial charge >= 0.3 is 0 Å². The summed E-state index contributed by atoms with van der Waals surface area (Å²) >= 11 is 0. The Morgan fingerprint density at radius 3 is 2.60 bits per heavy atom. The van der Waals surface area contributed by atoms with Gasteiger partial charge in [0, 0.05) is 17.8 Å². The third-order valence-electron chi connectivity index (χ3n) is 4.20. The molecular weight excluding hydrogens is 316 g/mol. The van der Waals surface area contributed by atoms with Crippen LogP contribution in [0, 0.1) is 6.92 Å². The van der Waals surface area contributed by atoms with Crippen molar-refractivity contribution in [2.75, 3.05) is 17.2 Å². The summed E-state index contributed by atoms with van der Waals surface area (Å²) in [6, 6.07) is 9.45. The fraction of sp³-hybridized carbons (Fsp3) is 0.421. The first-order valence-corrected chi connectivity index (χ1v) is 8.80. The number of carbonyl (C=O) groups excluding carboxylic acids is 1. The Morgan fingerprint density at radius 2 is 1.92 bits per heavy atom. The molecule has 0 radical (unpaired) electrons. The van der Waals surface area contributed by atoms with E-state index in [0.29, 0.717) is 29.9 Å². The van der Waals surface area contributed by atoms with E-state index in [1.54, 1.807) is 13.0 Å². The van der Waals surface area contributed by atoms with Crippen LogP contribution < -0.4 is 15.4 Å². The molecular formula is C19H24N4O2. The minimum absolute atomic E-state index is 0.246. The highest BCUT2D eigenvalue weighted by molar-refractivity contribution is 6.03. The highest BCUT2D eigenvalue weighted by Crippen LogP contribution is 2.22. The number of ether oxygens (including phenoxy) is 1. The van der Waals surface area contributed by atoms with Gasteiger partial charge in [-0.15, -0.1) is 0 Å². The average molecular weight is 340 g/mol. The SMILES string of the molecule is CCOc1ccc(NC(=O)c2cc(NC3CCCC3)nc(C)n2)cc1. The number of rotatable bonds is 6. The summed E-state index contributed by atoms with van der Waals surface area (Å²) in [4.78, 5) is 21.2. The number of benzene rings is 1. The quantitative estimate of drug-likeness (QED) is 0.837. The minimum Gasteiger partial charge on any atom is -0.494 e. The summed E-state index contributed by atoms with van der Waals surface area (Å²) in [5, 5.41) is 6.28. The number of carbonyl (C=O) groups is 1. The molecule has 2 aromatic rings. The largest absolute Gasteiger partial charge is 0.494 e. The van der Waals surface area contributed by atoms with Gasteiger partial charge in [0.1, 0.15) is 23.1 Å². The second kappa shape index (κ2) is 7.96. The molecule has 1 saturated carbocycles. The van der Waals surface area contributed by atoms with E-state index in [0.717, 1.165) is 24.4 Å².